The lowest BCUT2D eigenvalue weighted by Crippen LogP contribution is -2.42. The van der Waals surface area contributed by atoms with Crippen LogP contribution < -0.4 is 25.0 Å². The van der Waals surface area contributed by atoms with Crippen molar-refractivity contribution in [2.45, 2.75) is 13.0 Å². The number of ether oxygens (including phenoxy) is 2. The third-order valence-electron chi connectivity index (χ3n) is 4.67. The van der Waals surface area contributed by atoms with Crippen LogP contribution in [0.4, 0.5) is 5.69 Å². The molecule has 4 rings (SSSR count). The maximum atomic E-state index is 12.2. The number of carbonyl (C=O) groups is 1. The van der Waals surface area contributed by atoms with Gasteiger partial charge >= 0.3 is 0 Å². The number of anilines is 1. The minimum absolute atomic E-state index is 0. The molecule has 0 bridgehead atoms. The summed E-state index contributed by atoms with van der Waals surface area (Å²) in [6.45, 7) is 2.09. The van der Waals surface area contributed by atoms with Gasteiger partial charge in [0.1, 0.15) is 0 Å². The Morgan fingerprint density at radius 1 is 1.14 bits per heavy atom. The first-order chi connectivity index (χ1) is 13.2. The van der Waals surface area contributed by atoms with Gasteiger partial charge in [-0.15, -0.1) is 24.0 Å². The normalized spacial score (nSPS) is 14.5. The first kappa shape index (κ1) is 20.2. The van der Waals surface area contributed by atoms with E-state index in [0.717, 1.165) is 28.3 Å². The minimum atomic E-state index is 0. The number of guanidine groups is 1. The zero-order valence-electron chi connectivity index (χ0n) is 15.6. The number of hydrogen-bond donors (Lipinski definition) is 2. The number of aliphatic imine (C=N–C) groups is 1. The number of fused-ring (bicyclic) bond motifs is 2. The van der Waals surface area contributed by atoms with E-state index >= 15 is 0 Å². The molecule has 0 aliphatic carbocycles. The molecule has 28 heavy (non-hydrogen) atoms. The first-order valence-corrected chi connectivity index (χ1v) is 8.96. The summed E-state index contributed by atoms with van der Waals surface area (Å²) in [5, 5.41) is 6.53. The summed E-state index contributed by atoms with van der Waals surface area (Å²) in [5.41, 5.74) is 3.17. The molecule has 8 heteroatoms. The molecular weight excluding hydrogens is 471 g/mol. The van der Waals surface area contributed by atoms with Crippen LogP contribution in [0, 0.1) is 0 Å². The molecular formula is C20H23IN4O3. The molecule has 1 amide bonds. The van der Waals surface area contributed by atoms with Gasteiger partial charge in [-0.2, -0.15) is 0 Å². The highest BCUT2D eigenvalue weighted by atomic mass is 127. The highest BCUT2D eigenvalue weighted by molar-refractivity contribution is 14.0. The second-order valence-electron chi connectivity index (χ2n) is 6.39. The maximum Gasteiger partial charge on any atom is 0.231 e. The Labute approximate surface area is 181 Å². The van der Waals surface area contributed by atoms with E-state index in [1.54, 1.807) is 7.05 Å². The van der Waals surface area contributed by atoms with Crippen molar-refractivity contribution in [1.82, 2.24) is 10.6 Å². The fraction of sp³-hybridized carbons (Fsp3) is 0.300. The lowest BCUT2D eigenvalue weighted by Gasteiger charge is -2.19. The maximum absolute atomic E-state index is 12.2. The van der Waals surface area contributed by atoms with E-state index < -0.39 is 0 Å². The third-order valence-corrected chi connectivity index (χ3v) is 4.67. The van der Waals surface area contributed by atoms with Crippen LogP contribution in [0.3, 0.4) is 0 Å². The number of carbonyl (C=O) groups excluding carboxylic acids is 1. The van der Waals surface area contributed by atoms with Gasteiger partial charge in [-0.05, 0) is 29.3 Å². The van der Waals surface area contributed by atoms with E-state index in [9.17, 15) is 4.79 Å². The average Bonchev–Trinajstić information content (AvgIpc) is 3.28. The van der Waals surface area contributed by atoms with Crippen molar-refractivity contribution >= 4 is 41.5 Å². The fourth-order valence-electron chi connectivity index (χ4n) is 3.30. The number of rotatable bonds is 5. The SMILES string of the molecule is CN=C(NCCN1C(=O)Cc2ccccc21)NCc1ccc2c(c1)OCO2.I. The molecule has 0 atom stereocenters. The monoisotopic (exact) mass is 494 g/mol. The largest absolute Gasteiger partial charge is 0.454 e. The summed E-state index contributed by atoms with van der Waals surface area (Å²) >= 11 is 0. The van der Waals surface area contributed by atoms with Gasteiger partial charge in [0, 0.05) is 32.4 Å². The lowest BCUT2D eigenvalue weighted by atomic mass is 10.2. The number of para-hydroxylation sites is 1. The van der Waals surface area contributed by atoms with Crippen molar-refractivity contribution in [2.24, 2.45) is 4.99 Å². The number of halogens is 1. The minimum Gasteiger partial charge on any atom is -0.454 e. The molecule has 2 aliphatic heterocycles. The van der Waals surface area contributed by atoms with E-state index in [2.05, 4.69) is 15.6 Å². The Balaban J connectivity index is 0.00000225. The summed E-state index contributed by atoms with van der Waals surface area (Å²) in [4.78, 5) is 18.3. The predicted molar refractivity (Wildman–Crippen MR) is 119 cm³/mol. The Kier molecular flexibility index (Phi) is 6.61. The Hall–Kier alpha value is -2.49. The van der Waals surface area contributed by atoms with E-state index in [1.807, 2.05) is 47.4 Å². The predicted octanol–water partition coefficient (Wildman–Crippen LogP) is 2.29. The Morgan fingerprint density at radius 2 is 1.96 bits per heavy atom. The Bertz CT molecular complexity index is 888. The second kappa shape index (κ2) is 9.13. The first-order valence-electron chi connectivity index (χ1n) is 8.96. The van der Waals surface area contributed by atoms with Crippen molar-refractivity contribution in [3.8, 4) is 11.5 Å². The van der Waals surface area contributed by atoms with Gasteiger partial charge in [-0.25, -0.2) is 0 Å². The van der Waals surface area contributed by atoms with Gasteiger partial charge in [-0.3, -0.25) is 9.79 Å². The van der Waals surface area contributed by atoms with Gasteiger partial charge in [0.05, 0.1) is 6.42 Å². The molecule has 2 aromatic carbocycles. The number of hydrogen-bond acceptors (Lipinski definition) is 4. The van der Waals surface area contributed by atoms with Crippen LogP contribution in [0.5, 0.6) is 11.5 Å². The zero-order chi connectivity index (χ0) is 18.6. The molecule has 2 heterocycles. The van der Waals surface area contributed by atoms with E-state index in [4.69, 9.17) is 9.47 Å². The molecule has 0 fully saturated rings. The molecule has 0 unspecified atom stereocenters. The van der Waals surface area contributed by atoms with E-state index in [0.29, 0.717) is 32.0 Å². The number of benzene rings is 2. The van der Waals surface area contributed by atoms with Gasteiger partial charge in [-0.1, -0.05) is 24.3 Å². The molecule has 0 radical (unpaired) electrons. The lowest BCUT2D eigenvalue weighted by molar-refractivity contribution is -0.117. The van der Waals surface area contributed by atoms with Crippen LogP contribution >= 0.6 is 24.0 Å². The smallest absolute Gasteiger partial charge is 0.231 e. The topological polar surface area (TPSA) is 75.2 Å². The van der Waals surface area contributed by atoms with Gasteiger partial charge < -0.3 is 25.0 Å². The molecule has 0 saturated carbocycles. The highest BCUT2D eigenvalue weighted by Gasteiger charge is 2.26. The summed E-state index contributed by atoms with van der Waals surface area (Å²) in [5.74, 6) is 2.37. The third kappa shape index (κ3) is 4.32. The van der Waals surface area contributed by atoms with Crippen molar-refractivity contribution in [3.63, 3.8) is 0 Å². The van der Waals surface area contributed by atoms with Crippen LogP contribution in [0.2, 0.25) is 0 Å². The van der Waals surface area contributed by atoms with Crippen molar-refractivity contribution in [3.05, 3.63) is 53.6 Å². The van der Waals surface area contributed by atoms with Crippen LogP contribution in [-0.2, 0) is 17.8 Å². The molecule has 0 spiro atoms. The quantitative estimate of drug-likeness (QED) is 0.379. The van der Waals surface area contributed by atoms with Gasteiger partial charge in [0.15, 0.2) is 17.5 Å². The molecule has 0 saturated heterocycles. The van der Waals surface area contributed by atoms with Gasteiger partial charge in [0.2, 0.25) is 12.7 Å². The summed E-state index contributed by atoms with van der Waals surface area (Å²) < 4.78 is 10.7. The summed E-state index contributed by atoms with van der Waals surface area (Å²) in [7, 11) is 1.73. The van der Waals surface area contributed by atoms with Crippen LogP contribution in [0.1, 0.15) is 11.1 Å². The van der Waals surface area contributed by atoms with Crippen LogP contribution in [0.15, 0.2) is 47.5 Å². The van der Waals surface area contributed by atoms with Crippen molar-refractivity contribution < 1.29 is 14.3 Å². The average molecular weight is 494 g/mol. The standard InChI is InChI=1S/C20H22N4O3.HI/c1-21-20(23-12-14-6-7-17-18(10-14)27-13-26-17)22-8-9-24-16-5-3-2-4-15(16)11-19(24)25;/h2-7,10H,8-9,11-13H2,1H3,(H2,21,22,23);1H. The number of nitrogens with zero attached hydrogens (tertiary/aromatic N) is 2. The Morgan fingerprint density at radius 3 is 2.82 bits per heavy atom. The highest BCUT2D eigenvalue weighted by Crippen LogP contribution is 2.32. The van der Waals surface area contributed by atoms with E-state index in [-0.39, 0.29) is 36.7 Å². The molecule has 148 valence electrons. The molecule has 7 nitrogen and oxygen atoms in total. The molecule has 2 aliphatic rings. The fourth-order valence-corrected chi connectivity index (χ4v) is 3.30. The molecule has 2 N–H and O–H groups in total. The number of amides is 1. The zero-order valence-corrected chi connectivity index (χ0v) is 17.9. The van der Waals surface area contributed by atoms with Crippen LogP contribution in [0.25, 0.3) is 0 Å². The van der Waals surface area contributed by atoms with Crippen molar-refractivity contribution in [2.75, 3.05) is 31.8 Å². The van der Waals surface area contributed by atoms with Gasteiger partial charge in [0.25, 0.3) is 0 Å². The van der Waals surface area contributed by atoms with Crippen LogP contribution in [-0.4, -0.2) is 38.8 Å². The number of nitrogens with one attached hydrogen (secondary N) is 2. The summed E-state index contributed by atoms with van der Waals surface area (Å²) in [6.07, 6.45) is 0.479. The summed E-state index contributed by atoms with van der Waals surface area (Å²) in [6, 6.07) is 13.8. The molecule has 2 aromatic rings. The van der Waals surface area contributed by atoms with E-state index in [1.165, 1.54) is 0 Å². The second-order valence-corrected chi connectivity index (χ2v) is 6.39. The van der Waals surface area contributed by atoms with Crippen molar-refractivity contribution in [1.29, 1.82) is 0 Å². The molecule has 0 aromatic heterocycles.